The summed E-state index contributed by atoms with van der Waals surface area (Å²) in [6.45, 7) is 1.84. The third-order valence-corrected chi connectivity index (χ3v) is 3.01. The Balaban J connectivity index is 1.71. The molecule has 5 heteroatoms. The average Bonchev–Trinajstić information content (AvgIpc) is 2.93. The molecule has 0 saturated carbocycles. The number of amides is 1. The van der Waals surface area contributed by atoms with Crippen molar-refractivity contribution in [3.05, 3.63) is 48.0 Å². The van der Waals surface area contributed by atoms with Crippen molar-refractivity contribution in [1.82, 2.24) is 19.7 Å². The molecule has 0 unspecified atom stereocenters. The minimum atomic E-state index is -0.168. The maximum absolute atomic E-state index is 12.0. The number of benzene rings is 1. The smallest absolute Gasteiger partial charge is 0.299 e. The first-order valence-electron chi connectivity index (χ1n) is 6.05. The molecular weight excluding hydrogens is 240 g/mol. The van der Waals surface area contributed by atoms with Gasteiger partial charge in [0.2, 0.25) is 0 Å². The van der Waals surface area contributed by atoms with E-state index < -0.39 is 0 Å². The van der Waals surface area contributed by atoms with Crippen molar-refractivity contribution < 1.29 is 4.79 Å². The van der Waals surface area contributed by atoms with Gasteiger partial charge in [-0.25, -0.2) is 0 Å². The van der Waals surface area contributed by atoms with E-state index in [0.717, 1.165) is 17.9 Å². The second kappa shape index (κ2) is 4.94. The Morgan fingerprint density at radius 1 is 1.21 bits per heavy atom. The Morgan fingerprint density at radius 3 is 2.89 bits per heavy atom. The van der Waals surface area contributed by atoms with E-state index in [1.165, 1.54) is 0 Å². The van der Waals surface area contributed by atoms with Gasteiger partial charge in [-0.05, 0) is 12.1 Å². The largest absolute Gasteiger partial charge is 0.323 e. The van der Waals surface area contributed by atoms with Crippen LogP contribution in [-0.2, 0) is 17.9 Å². The number of fused-ring (bicyclic) bond motifs is 1. The summed E-state index contributed by atoms with van der Waals surface area (Å²) < 4.78 is 1.95. The van der Waals surface area contributed by atoms with Crippen molar-refractivity contribution in [1.29, 1.82) is 0 Å². The second-order valence-corrected chi connectivity index (χ2v) is 4.28. The van der Waals surface area contributed by atoms with Crippen LogP contribution in [0.4, 0.5) is 0 Å². The number of aromatic nitrogens is 3. The molecule has 0 atom stereocenters. The topological polar surface area (TPSA) is 51.0 Å². The molecule has 0 aliphatic carbocycles. The Hall–Kier alpha value is -2.61. The maximum Gasteiger partial charge on any atom is 0.299 e. The minimum absolute atomic E-state index is 0.168. The molecule has 0 bridgehead atoms. The lowest BCUT2D eigenvalue weighted by Crippen LogP contribution is -2.37. The molecule has 3 rings (SSSR count). The third-order valence-electron chi connectivity index (χ3n) is 3.01. The molecule has 1 aromatic carbocycles. The predicted octanol–water partition coefficient (Wildman–Crippen LogP) is 0.672. The highest BCUT2D eigenvalue weighted by Crippen LogP contribution is 2.08. The van der Waals surface area contributed by atoms with E-state index in [-0.39, 0.29) is 5.91 Å². The zero-order valence-corrected chi connectivity index (χ0v) is 10.3. The van der Waals surface area contributed by atoms with Gasteiger partial charge in [0.25, 0.3) is 5.91 Å². The van der Waals surface area contributed by atoms with E-state index in [4.69, 9.17) is 0 Å². The van der Waals surface area contributed by atoms with Crippen molar-refractivity contribution in [2.45, 2.75) is 13.1 Å². The highest BCUT2D eigenvalue weighted by atomic mass is 16.2. The first kappa shape index (κ1) is 11.5. The van der Waals surface area contributed by atoms with E-state index in [0.29, 0.717) is 13.1 Å². The number of nitrogens with zero attached hydrogens (tertiary/aromatic N) is 4. The lowest BCUT2D eigenvalue weighted by molar-refractivity contribution is -0.126. The first-order valence-corrected chi connectivity index (χ1v) is 6.05. The summed E-state index contributed by atoms with van der Waals surface area (Å²) in [6.07, 6.45) is 1.69. The molecule has 1 amide bonds. The van der Waals surface area contributed by atoms with Crippen LogP contribution in [0.2, 0.25) is 0 Å². The lowest BCUT2D eigenvalue weighted by Gasteiger charge is -2.24. The average molecular weight is 252 g/mol. The van der Waals surface area contributed by atoms with Gasteiger partial charge in [0.1, 0.15) is 6.33 Å². The Labute approximate surface area is 110 Å². The van der Waals surface area contributed by atoms with E-state index in [1.807, 2.05) is 34.9 Å². The summed E-state index contributed by atoms with van der Waals surface area (Å²) in [5, 5.41) is 7.81. The molecule has 0 fully saturated rings. The Morgan fingerprint density at radius 2 is 2.05 bits per heavy atom. The fourth-order valence-electron chi connectivity index (χ4n) is 1.97. The fraction of sp³-hybridized carbons (Fsp3) is 0.214. The zero-order valence-electron chi connectivity index (χ0n) is 10.3. The lowest BCUT2D eigenvalue weighted by atomic mass is 10.2. The Bertz CT molecular complexity index is 651. The third kappa shape index (κ3) is 2.47. The molecule has 94 valence electrons. The van der Waals surface area contributed by atoms with Crippen molar-refractivity contribution in [2.75, 3.05) is 6.54 Å². The second-order valence-electron chi connectivity index (χ2n) is 4.28. The Kier molecular flexibility index (Phi) is 2.99. The molecular formula is C14H12N4O. The fourth-order valence-corrected chi connectivity index (χ4v) is 1.97. The van der Waals surface area contributed by atoms with Crippen molar-refractivity contribution >= 4 is 5.91 Å². The van der Waals surface area contributed by atoms with Crippen LogP contribution in [0.25, 0.3) is 0 Å². The molecule has 19 heavy (non-hydrogen) atoms. The van der Waals surface area contributed by atoms with Gasteiger partial charge in [0, 0.05) is 24.6 Å². The van der Waals surface area contributed by atoms with Crippen LogP contribution in [0.3, 0.4) is 0 Å². The summed E-state index contributed by atoms with van der Waals surface area (Å²) in [7, 11) is 0. The normalized spacial score (nSPS) is 13.4. The van der Waals surface area contributed by atoms with Crippen molar-refractivity contribution in [3.63, 3.8) is 0 Å². The number of carbonyl (C=O) groups excluding carboxylic acids is 1. The van der Waals surface area contributed by atoms with E-state index in [1.54, 1.807) is 11.2 Å². The summed E-state index contributed by atoms with van der Waals surface area (Å²) >= 11 is 0. The highest BCUT2D eigenvalue weighted by molar-refractivity contribution is 5.94. The molecule has 1 aliphatic rings. The van der Waals surface area contributed by atoms with Gasteiger partial charge >= 0.3 is 0 Å². The van der Waals surface area contributed by atoms with Crippen molar-refractivity contribution in [2.24, 2.45) is 0 Å². The number of carbonyl (C=O) groups is 1. The zero-order chi connectivity index (χ0) is 13.1. The standard InChI is InChI=1S/C14H12N4O/c19-14(7-6-12-4-2-1-3-5-12)17-8-9-18-11-15-16-13(18)10-17/h1-5,11H,8-10H2. The predicted molar refractivity (Wildman–Crippen MR) is 68.8 cm³/mol. The van der Waals surface area contributed by atoms with Gasteiger partial charge in [-0.2, -0.15) is 0 Å². The molecule has 0 N–H and O–H groups in total. The molecule has 0 spiro atoms. The van der Waals surface area contributed by atoms with Gasteiger partial charge in [0.15, 0.2) is 5.82 Å². The number of hydrogen-bond donors (Lipinski definition) is 0. The highest BCUT2D eigenvalue weighted by Gasteiger charge is 2.20. The van der Waals surface area contributed by atoms with Gasteiger partial charge in [-0.1, -0.05) is 24.1 Å². The molecule has 5 nitrogen and oxygen atoms in total. The molecule has 1 aromatic heterocycles. The van der Waals surface area contributed by atoms with E-state index in [9.17, 15) is 4.79 Å². The minimum Gasteiger partial charge on any atom is -0.323 e. The number of rotatable bonds is 0. The van der Waals surface area contributed by atoms with Gasteiger partial charge in [0.05, 0.1) is 6.54 Å². The summed E-state index contributed by atoms with van der Waals surface area (Å²) in [6, 6.07) is 9.49. The quantitative estimate of drug-likeness (QED) is 0.648. The van der Waals surface area contributed by atoms with Crippen LogP contribution in [-0.4, -0.2) is 32.1 Å². The molecule has 2 heterocycles. The summed E-state index contributed by atoms with van der Waals surface area (Å²) in [5.74, 6) is 6.18. The van der Waals surface area contributed by atoms with Gasteiger partial charge < -0.3 is 9.47 Å². The van der Waals surface area contributed by atoms with Crippen LogP contribution in [0, 0.1) is 11.8 Å². The maximum atomic E-state index is 12.0. The first-order chi connectivity index (χ1) is 9.33. The molecule has 1 aliphatic heterocycles. The van der Waals surface area contributed by atoms with Crippen LogP contribution < -0.4 is 0 Å². The van der Waals surface area contributed by atoms with E-state index >= 15 is 0 Å². The van der Waals surface area contributed by atoms with E-state index in [2.05, 4.69) is 22.0 Å². The van der Waals surface area contributed by atoms with Crippen LogP contribution in [0.1, 0.15) is 11.4 Å². The molecule has 2 aromatic rings. The molecule has 0 radical (unpaired) electrons. The van der Waals surface area contributed by atoms with Crippen LogP contribution in [0.15, 0.2) is 36.7 Å². The van der Waals surface area contributed by atoms with Gasteiger partial charge in [-0.15, -0.1) is 10.2 Å². The van der Waals surface area contributed by atoms with Crippen molar-refractivity contribution in [3.8, 4) is 11.8 Å². The summed E-state index contributed by atoms with van der Waals surface area (Å²) in [5.41, 5.74) is 0.844. The number of hydrogen-bond acceptors (Lipinski definition) is 3. The summed E-state index contributed by atoms with van der Waals surface area (Å²) in [4.78, 5) is 13.7. The van der Waals surface area contributed by atoms with Crippen LogP contribution >= 0.6 is 0 Å². The monoisotopic (exact) mass is 252 g/mol. The SMILES string of the molecule is O=C(C#Cc1ccccc1)N1CCn2cnnc2C1. The van der Waals surface area contributed by atoms with Gasteiger partial charge in [-0.3, -0.25) is 4.79 Å². The van der Waals surface area contributed by atoms with Crippen LogP contribution in [0.5, 0.6) is 0 Å². The molecule has 0 saturated heterocycles.